The molecule has 17 heavy (non-hydrogen) atoms. The Bertz CT molecular complexity index is 388. The van der Waals surface area contributed by atoms with Crippen LogP contribution < -0.4 is 5.32 Å². The maximum Gasteiger partial charge on any atom is 0.134 e. The highest BCUT2D eigenvalue weighted by molar-refractivity contribution is 6.29. The lowest BCUT2D eigenvalue weighted by molar-refractivity contribution is 0.149. The van der Waals surface area contributed by atoms with Gasteiger partial charge in [0.25, 0.3) is 0 Å². The largest absolute Gasteiger partial charge is 0.394 e. The maximum absolute atomic E-state index is 9.65. The van der Waals surface area contributed by atoms with Gasteiger partial charge in [-0.15, -0.1) is 0 Å². The number of aliphatic hydroxyl groups excluding tert-OH is 1. The fourth-order valence-electron chi connectivity index (χ4n) is 2.63. The second kappa shape index (κ2) is 5.19. The number of aliphatic hydroxyl groups is 1. The van der Waals surface area contributed by atoms with Crippen LogP contribution in [0.25, 0.3) is 0 Å². The minimum absolute atomic E-state index is 0.124. The minimum Gasteiger partial charge on any atom is -0.394 e. The lowest BCUT2D eigenvalue weighted by atomic mass is 9.77. The van der Waals surface area contributed by atoms with Gasteiger partial charge in [-0.3, -0.25) is 0 Å². The van der Waals surface area contributed by atoms with Crippen molar-refractivity contribution in [1.82, 2.24) is 9.97 Å². The summed E-state index contributed by atoms with van der Waals surface area (Å²) in [6, 6.07) is 1.69. The molecule has 2 N–H and O–H groups in total. The van der Waals surface area contributed by atoms with Crippen molar-refractivity contribution in [2.45, 2.75) is 38.1 Å². The molecule has 2 unspecified atom stereocenters. The van der Waals surface area contributed by atoms with E-state index in [0.717, 1.165) is 19.3 Å². The summed E-state index contributed by atoms with van der Waals surface area (Å²) in [6.45, 7) is 2.34. The van der Waals surface area contributed by atoms with Gasteiger partial charge < -0.3 is 10.4 Å². The molecule has 0 aromatic carbocycles. The Morgan fingerprint density at radius 3 is 3.06 bits per heavy atom. The van der Waals surface area contributed by atoms with Gasteiger partial charge in [0.15, 0.2) is 0 Å². The quantitative estimate of drug-likeness (QED) is 0.815. The molecule has 0 amide bonds. The van der Waals surface area contributed by atoms with E-state index in [1.807, 2.05) is 0 Å². The van der Waals surface area contributed by atoms with Crippen molar-refractivity contribution in [3.63, 3.8) is 0 Å². The Morgan fingerprint density at radius 2 is 2.41 bits per heavy atom. The predicted octanol–water partition coefficient (Wildman–Crippen LogP) is 2.48. The van der Waals surface area contributed by atoms with Crippen LogP contribution in [0.3, 0.4) is 0 Å². The Balaban J connectivity index is 2.13. The number of nitrogens with zero attached hydrogens (tertiary/aromatic N) is 2. The molecule has 1 aromatic rings. The average Bonchev–Trinajstić information content (AvgIpc) is 2.29. The van der Waals surface area contributed by atoms with Crippen LogP contribution in [0.1, 0.15) is 32.6 Å². The fraction of sp³-hybridized carbons (Fsp3) is 0.667. The normalized spacial score (nSPS) is 29.0. The summed E-state index contributed by atoms with van der Waals surface area (Å²) in [6.07, 6.45) is 5.73. The Kier molecular flexibility index (Phi) is 3.84. The summed E-state index contributed by atoms with van der Waals surface area (Å²) in [5.74, 6) is 1.31. The molecule has 1 aromatic heterocycles. The second-order valence-corrected chi connectivity index (χ2v) is 5.38. The van der Waals surface area contributed by atoms with E-state index >= 15 is 0 Å². The predicted molar refractivity (Wildman–Crippen MR) is 68.1 cm³/mol. The number of aromatic nitrogens is 2. The molecular weight excluding hydrogens is 238 g/mol. The number of anilines is 1. The summed E-state index contributed by atoms with van der Waals surface area (Å²) >= 11 is 5.83. The molecule has 1 aliphatic carbocycles. The zero-order valence-corrected chi connectivity index (χ0v) is 10.7. The molecule has 2 rings (SSSR count). The van der Waals surface area contributed by atoms with Gasteiger partial charge in [0.05, 0.1) is 12.1 Å². The molecule has 1 heterocycles. The van der Waals surface area contributed by atoms with Gasteiger partial charge in [-0.2, -0.15) is 0 Å². The van der Waals surface area contributed by atoms with Gasteiger partial charge >= 0.3 is 0 Å². The monoisotopic (exact) mass is 255 g/mol. The molecule has 1 fully saturated rings. The van der Waals surface area contributed by atoms with Crippen molar-refractivity contribution in [3.05, 3.63) is 17.5 Å². The number of hydrogen-bond donors (Lipinski definition) is 2. The molecule has 5 heteroatoms. The van der Waals surface area contributed by atoms with Gasteiger partial charge in [-0.25, -0.2) is 9.97 Å². The maximum atomic E-state index is 9.65. The minimum atomic E-state index is -0.255. The molecule has 0 spiro atoms. The third-order valence-electron chi connectivity index (χ3n) is 3.42. The van der Waals surface area contributed by atoms with E-state index in [0.29, 0.717) is 16.9 Å². The van der Waals surface area contributed by atoms with E-state index in [1.54, 1.807) is 6.07 Å². The highest BCUT2D eigenvalue weighted by Crippen LogP contribution is 2.34. The molecule has 1 aliphatic rings. The topological polar surface area (TPSA) is 58.0 Å². The van der Waals surface area contributed by atoms with Crippen molar-refractivity contribution >= 4 is 17.4 Å². The van der Waals surface area contributed by atoms with Gasteiger partial charge in [-0.05, 0) is 18.8 Å². The van der Waals surface area contributed by atoms with Crippen molar-refractivity contribution in [2.75, 3.05) is 11.9 Å². The lowest BCUT2D eigenvalue weighted by Crippen LogP contribution is -2.46. The van der Waals surface area contributed by atoms with Gasteiger partial charge in [0, 0.05) is 6.07 Å². The summed E-state index contributed by atoms with van der Waals surface area (Å²) in [4.78, 5) is 7.98. The van der Waals surface area contributed by atoms with Gasteiger partial charge in [0.2, 0.25) is 0 Å². The summed E-state index contributed by atoms with van der Waals surface area (Å²) < 4.78 is 0. The van der Waals surface area contributed by atoms with Crippen molar-refractivity contribution < 1.29 is 5.11 Å². The summed E-state index contributed by atoms with van der Waals surface area (Å²) in [5.41, 5.74) is -0.255. The fourth-order valence-corrected chi connectivity index (χ4v) is 2.78. The summed E-state index contributed by atoms with van der Waals surface area (Å²) in [5, 5.41) is 13.4. The van der Waals surface area contributed by atoms with Crippen LogP contribution >= 0.6 is 11.6 Å². The first-order valence-corrected chi connectivity index (χ1v) is 6.38. The SMILES string of the molecule is CC1CCCC(CO)(Nc2cc(Cl)ncn2)C1. The van der Waals surface area contributed by atoms with Crippen molar-refractivity contribution in [2.24, 2.45) is 5.92 Å². The van der Waals surface area contributed by atoms with Crippen LogP contribution in [-0.2, 0) is 0 Å². The third kappa shape index (κ3) is 3.07. The van der Waals surface area contributed by atoms with E-state index < -0.39 is 0 Å². The van der Waals surface area contributed by atoms with Crippen LogP contribution in [0, 0.1) is 5.92 Å². The molecule has 0 aliphatic heterocycles. The summed E-state index contributed by atoms with van der Waals surface area (Å²) in [7, 11) is 0. The smallest absolute Gasteiger partial charge is 0.134 e. The molecule has 2 atom stereocenters. The van der Waals surface area contributed by atoms with Crippen LogP contribution in [0.2, 0.25) is 5.15 Å². The Morgan fingerprint density at radius 1 is 1.59 bits per heavy atom. The number of hydrogen-bond acceptors (Lipinski definition) is 4. The molecule has 4 nitrogen and oxygen atoms in total. The molecule has 0 bridgehead atoms. The first-order valence-electron chi connectivity index (χ1n) is 6.00. The van der Waals surface area contributed by atoms with E-state index in [9.17, 15) is 5.11 Å². The highest BCUT2D eigenvalue weighted by Gasteiger charge is 2.34. The van der Waals surface area contributed by atoms with Crippen LogP contribution in [0.15, 0.2) is 12.4 Å². The number of nitrogens with one attached hydrogen (secondary N) is 1. The zero-order chi connectivity index (χ0) is 12.3. The third-order valence-corrected chi connectivity index (χ3v) is 3.63. The lowest BCUT2D eigenvalue weighted by Gasteiger charge is -2.39. The van der Waals surface area contributed by atoms with Crippen molar-refractivity contribution in [3.8, 4) is 0 Å². The van der Waals surface area contributed by atoms with Crippen LogP contribution in [0.5, 0.6) is 0 Å². The zero-order valence-electron chi connectivity index (χ0n) is 9.99. The Hall–Kier alpha value is -0.870. The molecule has 0 saturated heterocycles. The number of halogens is 1. The second-order valence-electron chi connectivity index (χ2n) is 4.99. The number of rotatable bonds is 3. The van der Waals surface area contributed by atoms with Gasteiger partial charge in [0.1, 0.15) is 17.3 Å². The van der Waals surface area contributed by atoms with E-state index in [-0.39, 0.29) is 12.1 Å². The van der Waals surface area contributed by atoms with E-state index in [2.05, 4.69) is 22.2 Å². The highest BCUT2D eigenvalue weighted by atomic mass is 35.5. The first-order chi connectivity index (χ1) is 8.13. The van der Waals surface area contributed by atoms with Crippen molar-refractivity contribution in [1.29, 1.82) is 0 Å². The van der Waals surface area contributed by atoms with Crippen LogP contribution in [0.4, 0.5) is 5.82 Å². The standard InChI is InChI=1S/C12H18ClN3O/c1-9-3-2-4-12(6-9,7-17)16-11-5-10(13)14-8-15-11/h5,8-9,17H,2-4,6-7H2,1H3,(H,14,15,16). The first kappa shape index (κ1) is 12.6. The molecule has 0 radical (unpaired) electrons. The molecular formula is C12H18ClN3O. The molecule has 94 valence electrons. The molecule has 1 saturated carbocycles. The van der Waals surface area contributed by atoms with E-state index in [1.165, 1.54) is 12.7 Å². The average molecular weight is 256 g/mol. The van der Waals surface area contributed by atoms with Gasteiger partial charge in [-0.1, -0.05) is 31.4 Å². The van der Waals surface area contributed by atoms with Crippen LogP contribution in [-0.4, -0.2) is 27.2 Å². The van der Waals surface area contributed by atoms with E-state index in [4.69, 9.17) is 11.6 Å². The Labute approximate surface area is 106 Å².